The third kappa shape index (κ3) is 2.85. The van der Waals surface area contributed by atoms with E-state index in [1.54, 1.807) is 18.2 Å². The van der Waals surface area contributed by atoms with Gasteiger partial charge in [0.2, 0.25) is 0 Å². The third-order valence-corrected chi connectivity index (χ3v) is 3.64. The van der Waals surface area contributed by atoms with Crippen LogP contribution in [0.15, 0.2) is 35.2 Å². The molecular weight excluding hydrogens is 327 g/mol. The van der Waals surface area contributed by atoms with Crippen molar-refractivity contribution >= 4 is 17.6 Å². The second kappa shape index (κ2) is 5.49. The highest BCUT2D eigenvalue weighted by molar-refractivity contribution is 8.00. The predicted octanol–water partition coefficient (Wildman–Crippen LogP) is 3.57. The molecule has 4 nitrogen and oxygen atoms in total. The summed E-state index contributed by atoms with van der Waals surface area (Å²) in [5, 5.41) is 7.47. The van der Waals surface area contributed by atoms with Crippen molar-refractivity contribution in [2.24, 2.45) is 0 Å². The SMILES string of the molecule is N#Cc1nn(-c2ccccc2)c(N)c1SC(F)(F)C(F)(F)F. The maximum absolute atomic E-state index is 13.2. The lowest BCUT2D eigenvalue weighted by atomic mass is 10.3. The summed E-state index contributed by atoms with van der Waals surface area (Å²) in [7, 11) is 0. The molecule has 0 bridgehead atoms. The molecule has 0 unspecified atom stereocenters. The molecule has 0 fully saturated rings. The Balaban J connectivity index is 2.50. The Morgan fingerprint density at radius 3 is 2.23 bits per heavy atom. The Kier molecular flexibility index (Phi) is 4.02. The van der Waals surface area contributed by atoms with E-state index in [1.165, 1.54) is 18.2 Å². The maximum atomic E-state index is 13.2. The Morgan fingerprint density at radius 1 is 1.14 bits per heavy atom. The second-order valence-electron chi connectivity index (χ2n) is 4.04. The van der Waals surface area contributed by atoms with Crippen LogP contribution in [0.4, 0.5) is 27.8 Å². The largest absolute Gasteiger partial charge is 0.464 e. The van der Waals surface area contributed by atoms with Crippen molar-refractivity contribution in [3.05, 3.63) is 36.0 Å². The van der Waals surface area contributed by atoms with Crippen LogP contribution >= 0.6 is 11.8 Å². The number of nitrogen functional groups attached to an aromatic ring is 1. The van der Waals surface area contributed by atoms with Gasteiger partial charge in [-0.15, -0.1) is 0 Å². The van der Waals surface area contributed by atoms with Gasteiger partial charge in [0.1, 0.15) is 11.9 Å². The number of hydrogen-bond donors (Lipinski definition) is 1. The van der Waals surface area contributed by atoms with Gasteiger partial charge in [-0.2, -0.15) is 32.3 Å². The molecule has 116 valence electrons. The molecule has 1 aromatic heterocycles. The molecule has 2 rings (SSSR count). The molecule has 0 saturated carbocycles. The molecule has 0 aliphatic carbocycles. The first-order valence-electron chi connectivity index (χ1n) is 5.65. The summed E-state index contributed by atoms with van der Waals surface area (Å²) >= 11 is -0.843. The van der Waals surface area contributed by atoms with Crippen LogP contribution in [0.1, 0.15) is 5.69 Å². The molecule has 1 heterocycles. The first-order valence-corrected chi connectivity index (χ1v) is 6.46. The van der Waals surface area contributed by atoms with Crippen molar-refractivity contribution in [3.8, 4) is 11.8 Å². The van der Waals surface area contributed by atoms with E-state index in [-0.39, 0.29) is 0 Å². The Morgan fingerprint density at radius 2 is 1.73 bits per heavy atom. The first kappa shape index (κ1) is 16.1. The van der Waals surface area contributed by atoms with Crippen LogP contribution in [0.2, 0.25) is 0 Å². The van der Waals surface area contributed by atoms with Gasteiger partial charge in [0.15, 0.2) is 5.69 Å². The molecule has 2 aromatic rings. The molecule has 0 spiro atoms. The van der Waals surface area contributed by atoms with Gasteiger partial charge in [0, 0.05) is 0 Å². The minimum atomic E-state index is -5.77. The van der Waals surface area contributed by atoms with E-state index in [0.29, 0.717) is 5.69 Å². The van der Waals surface area contributed by atoms with Crippen LogP contribution < -0.4 is 5.73 Å². The van der Waals surface area contributed by atoms with Crippen molar-refractivity contribution in [3.63, 3.8) is 0 Å². The van der Waals surface area contributed by atoms with Crippen molar-refractivity contribution in [1.29, 1.82) is 5.26 Å². The summed E-state index contributed by atoms with van der Waals surface area (Å²) in [6, 6.07) is 9.36. The Labute approximate surface area is 125 Å². The molecular formula is C12H7F5N4S. The standard InChI is InChI=1S/C12H7F5N4S/c13-11(14,15)12(16,17)22-9-8(6-18)20-21(10(9)19)7-4-2-1-3-5-7/h1-5H,19H2. The average molecular weight is 334 g/mol. The van der Waals surface area contributed by atoms with E-state index in [4.69, 9.17) is 11.0 Å². The molecule has 0 aliphatic heterocycles. The molecule has 0 saturated heterocycles. The number of nitrogens with two attached hydrogens (primary N) is 1. The number of para-hydroxylation sites is 1. The zero-order valence-corrected chi connectivity index (χ0v) is 11.4. The molecule has 22 heavy (non-hydrogen) atoms. The van der Waals surface area contributed by atoms with Gasteiger partial charge in [-0.3, -0.25) is 0 Å². The summed E-state index contributed by atoms with van der Waals surface area (Å²) in [6.07, 6.45) is -5.77. The number of nitrogens with zero attached hydrogens (tertiary/aromatic N) is 3. The number of hydrogen-bond acceptors (Lipinski definition) is 4. The average Bonchev–Trinajstić information content (AvgIpc) is 2.75. The van der Waals surface area contributed by atoms with Crippen molar-refractivity contribution in [1.82, 2.24) is 9.78 Å². The fourth-order valence-electron chi connectivity index (χ4n) is 1.54. The fourth-order valence-corrected chi connectivity index (χ4v) is 2.29. The Hall–Kier alpha value is -2.28. The number of thioether (sulfide) groups is 1. The lowest BCUT2D eigenvalue weighted by Gasteiger charge is -2.18. The summed E-state index contributed by atoms with van der Waals surface area (Å²) in [4.78, 5) is -0.714. The molecule has 2 N–H and O–H groups in total. The maximum Gasteiger partial charge on any atom is 0.464 e. The van der Waals surface area contributed by atoms with E-state index in [0.717, 1.165) is 4.68 Å². The third-order valence-electron chi connectivity index (χ3n) is 2.54. The minimum absolute atomic E-state index is 0.332. The normalized spacial score (nSPS) is 12.2. The van der Waals surface area contributed by atoms with Crippen molar-refractivity contribution in [2.75, 3.05) is 5.73 Å². The zero-order valence-electron chi connectivity index (χ0n) is 10.6. The van der Waals surface area contributed by atoms with Crippen LogP contribution in [-0.4, -0.2) is 21.2 Å². The molecule has 0 radical (unpaired) electrons. The van der Waals surface area contributed by atoms with E-state index >= 15 is 0 Å². The number of anilines is 1. The predicted molar refractivity (Wildman–Crippen MR) is 69.6 cm³/mol. The van der Waals surface area contributed by atoms with Crippen molar-refractivity contribution in [2.45, 2.75) is 16.3 Å². The van der Waals surface area contributed by atoms with E-state index in [2.05, 4.69) is 5.10 Å². The van der Waals surface area contributed by atoms with Gasteiger partial charge in [-0.1, -0.05) is 18.2 Å². The van der Waals surface area contributed by atoms with Gasteiger partial charge in [-0.25, -0.2) is 4.68 Å². The quantitative estimate of drug-likeness (QED) is 0.688. The van der Waals surface area contributed by atoms with Gasteiger partial charge in [-0.05, 0) is 23.9 Å². The minimum Gasteiger partial charge on any atom is -0.383 e. The topological polar surface area (TPSA) is 67.6 Å². The van der Waals surface area contributed by atoms with E-state index < -0.39 is 39.6 Å². The second-order valence-corrected chi connectivity index (χ2v) is 5.16. The van der Waals surface area contributed by atoms with Crippen LogP contribution in [0, 0.1) is 11.3 Å². The van der Waals surface area contributed by atoms with Crippen LogP contribution in [-0.2, 0) is 0 Å². The molecule has 0 amide bonds. The molecule has 1 aromatic carbocycles. The highest BCUT2D eigenvalue weighted by atomic mass is 32.2. The highest BCUT2D eigenvalue weighted by Gasteiger charge is 2.59. The molecule has 0 aliphatic rings. The number of rotatable bonds is 3. The Bertz CT molecular complexity index is 718. The monoisotopic (exact) mass is 334 g/mol. The summed E-state index contributed by atoms with van der Waals surface area (Å²) in [5.74, 6) is -0.461. The van der Waals surface area contributed by atoms with Gasteiger partial charge >= 0.3 is 11.4 Å². The zero-order chi connectivity index (χ0) is 16.5. The van der Waals surface area contributed by atoms with Gasteiger partial charge < -0.3 is 5.73 Å². The van der Waals surface area contributed by atoms with Crippen LogP contribution in [0.5, 0.6) is 0 Å². The highest BCUT2D eigenvalue weighted by Crippen LogP contribution is 2.49. The summed E-state index contributed by atoms with van der Waals surface area (Å²) in [5.41, 5.74) is 5.32. The van der Waals surface area contributed by atoms with Crippen LogP contribution in [0.25, 0.3) is 5.69 Å². The molecule has 0 atom stereocenters. The summed E-state index contributed by atoms with van der Waals surface area (Å²) < 4.78 is 64.1. The van der Waals surface area contributed by atoms with Gasteiger partial charge in [0.25, 0.3) is 0 Å². The summed E-state index contributed by atoms with van der Waals surface area (Å²) in [6.45, 7) is 0. The van der Waals surface area contributed by atoms with Crippen LogP contribution in [0.3, 0.4) is 0 Å². The van der Waals surface area contributed by atoms with Gasteiger partial charge in [0.05, 0.1) is 10.6 Å². The van der Waals surface area contributed by atoms with Crippen molar-refractivity contribution < 1.29 is 22.0 Å². The number of alkyl halides is 5. The molecule has 10 heteroatoms. The first-order chi connectivity index (χ1) is 10.2. The number of benzene rings is 1. The lowest BCUT2D eigenvalue weighted by Crippen LogP contribution is -2.32. The van der Waals surface area contributed by atoms with E-state index in [9.17, 15) is 22.0 Å². The number of halogens is 5. The van der Waals surface area contributed by atoms with E-state index in [1.807, 2.05) is 0 Å². The number of nitriles is 1. The smallest absolute Gasteiger partial charge is 0.383 e. The lowest BCUT2D eigenvalue weighted by molar-refractivity contribution is -0.237. The number of aromatic nitrogens is 2. The fraction of sp³-hybridized carbons (Fsp3) is 0.167.